The van der Waals surface area contributed by atoms with Gasteiger partial charge in [0, 0.05) is 12.1 Å². The van der Waals surface area contributed by atoms with Gasteiger partial charge < -0.3 is 10.2 Å². The standard InChI is InChI=1S/C17H28N2/c1-14-7-6-8-16(13-14)15(2)18-11-10-17-9-4-5-12-19(17)3/h6-8,13,15,17-18H,4-5,9-12H2,1-3H3/t15-,17?/m0/s1. The molecule has 19 heavy (non-hydrogen) atoms. The summed E-state index contributed by atoms with van der Waals surface area (Å²) in [6.07, 6.45) is 5.42. The Morgan fingerprint density at radius 3 is 2.95 bits per heavy atom. The van der Waals surface area contributed by atoms with E-state index >= 15 is 0 Å². The first-order valence-corrected chi connectivity index (χ1v) is 7.67. The Kier molecular flexibility index (Phi) is 5.41. The molecule has 0 radical (unpaired) electrons. The average Bonchev–Trinajstić information content (AvgIpc) is 2.41. The highest BCUT2D eigenvalue weighted by atomic mass is 15.1. The second-order valence-electron chi connectivity index (χ2n) is 6.01. The molecule has 0 saturated carbocycles. The molecule has 0 spiro atoms. The minimum absolute atomic E-state index is 0.453. The highest BCUT2D eigenvalue weighted by molar-refractivity contribution is 5.24. The van der Waals surface area contributed by atoms with E-state index in [4.69, 9.17) is 0 Å². The number of likely N-dealkylation sites (tertiary alicyclic amines) is 1. The van der Waals surface area contributed by atoms with E-state index in [9.17, 15) is 0 Å². The Morgan fingerprint density at radius 1 is 1.37 bits per heavy atom. The summed E-state index contributed by atoms with van der Waals surface area (Å²) in [6.45, 7) is 6.81. The van der Waals surface area contributed by atoms with Crippen molar-refractivity contribution in [3.63, 3.8) is 0 Å². The molecule has 1 saturated heterocycles. The lowest BCUT2D eigenvalue weighted by Crippen LogP contribution is -2.38. The topological polar surface area (TPSA) is 15.3 Å². The number of rotatable bonds is 5. The maximum Gasteiger partial charge on any atom is 0.0291 e. The van der Waals surface area contributed by atoms with Crippen molar-refractivity contribution in [2.75, 3.05) is 20.1 Å². The van der Waals surface area contributed by atoms with Crippen molar-refractivity contribution in [1.29, 1.82) is 0 Å². The van der Waals surface area contributed by atoms with Gasteiger partial charge >= 0.3 is 0 Å². The molecule has 2 nitrogen and oxygen atoms in total. The predicted octanol–water partition coefficient (Wildman–Crippen LogP) is 3.52. The molecule has 1 N–H and O–H groups in total. The first-order valence-electron chi connectivity index (χ1n) is 7.67. The van der Waals surface area contributed by atoms with Gasteiger partial charge in [0.1, 0.15) is 0 Å². The molecule has 2 atom stereocenters. The fourth-order valence-corrected chi connectivity index (χ4v) is 3.03. The first kappa shape index (κ1) is 14.5. The first-order chi connectivity index (χ1) is 9.16. The number of hydrogen-bond acceptors (Lipinski definition) is 2. The minimum atomic E-state index is 0.453. The van der Waals surface area contributed by atoms with Crippen LogP contribution >= 0.6 is 0 Å². The SMILES string of the molecule is Cc1cccc([C@H](C)NCCC2CCCCN2C)c1. The molecule has 0 aromatic heterocycles. The Balaban J connectivity index is 1.76. The van der Waals surface area contributed by atoms with E-state index in [1.165, 1.54) is 43.4 Å². The Bertz CT molecular complexity index is 389. The zero-order valence-corrected chi connectivity index (χ0v) is 12.7. The lowest BCUT2D eigenvalue weighted by Gasteiger charge is -2.32. The number of benzene rings is 1. The summed E-state index contributed by atoms with van der Waals surface area (Å²) in [7, 11) is 2.27. The highest BCUT2D eigenvalue weighted by Gasteiger charge is 2.18. The molecule has 0 bridgehead atoms. The van der Waals surface area contributed by atoms with Crippen LogP contribution in [-0.4, -0.2) is 31.1 Å². The average molecular weight is 260 g/mol. The second-order valence-corrected chi connectivity index (χ2v) is 6.01. The normalized spacial score (nSPS) is 22.4. The molecule has 1 aliphatic heterocycles. The summed E-state index contributed by atoms with van der Waals surface area (Å²) in [4.78, 5) is 2.53. The van der Waals surface area contributed by atoms with Crippen molar-refractivity contribution in [2.24, 2.45) is 0 Å². The van der Waals surface area contributed by atoms with E-state index in [2.05, 4.69) is 55.4 Å². The maximum absolute atomic E-state index is 3.67. The summed E-state index contributed by atoms with van der Waals surface area (Å²) < 4.78 is 0. The van der Waals surface area contributed by atoms with Crippen LogP contribution in [-0.2, 0) is 0 Å². The number of nitrogens with zero attached hydrogens (tertiary/aromatic N) is 1. The lowest BCUT2D eigenvalue weighted by atomic mass is 9.99. The van der Waals surface area contributed by atoms with Gasteiger partial charge in [-0.05, 0) is 58.8 Å². The monoisotopic (exact) mass is 260 g/mol. The van der Waals surface area contributed by atoms with Gasteiger partial charge in [0.25, 0.3) is 0 Å². The van der Waals surface area contributed by atoms with Gasteiger partial charge in [-0.15, -0.1) is 0 Å². The number of aryl methyl sites for hydroxylation is 1. The lowest BCUT2D eigenvalue weighted by molar-refractivity contribution is 0.174. The molecule has 1 fully saturated rings. The fraction of sp³-hybridized carbons (Fsp3) is 0.647. The van der Waals surface area contributed by atoms with E-state index in [0.29, 0.717) is 6.04 Å². The van der Waals surface area contributed by atoms with Crippen molar-refractivity contribution in [3.8, 4) is 0 Å². The van der Waals surface area contributed by atoms with Crippen LogP contribution in [0.4, 0.5) is 0 Å². The fourth-order valence-electron chi connectivity index (χ4n) is 3.03. The molecular formula is C17H28N2. The van der Waals surface area contributed by atoms with E-state index in [1.54, 1.807) is 0 Å². The quantitative estimate of drug-likeness (QED) is 0.871. The Hall–Kier alpha value is -0.860. The molecule has 1 aromatic rings. The van der Waals surface area contributed by atoms with Crippen molar-refractivity contribution in [2.45, 2.75) is 51.6 Å². The third-order valence-corrected chi connectivity index (χ3v) is 4.39. The third-order valence-electron chi connectivity index (χ3n) is 4.39. The van der Waals surface area contributed by atoms with Crippen LogP contribution in [0.2, 0.25) is 0 Å². The van der Waals surface area contributed by atoms with Gasteiger partial charge in [0.2, 0.25) is 0 Å². The van der Waals surface area contributed by atoms with E-state index in [0.717, 1.165) is 12.6 Å². The maximum atomic E-state index is 3.67. The summed E-state index contributed by atoms with van der Waals surface area (Å²) >= 11 is 0. The zero-order chi connectivity index (χ0) is 13.7. The molecule has 2 heteroatoms. The van der Waals surface area contributed by atoms with Gasteiger partial charge in [0.15, 0.2) is 0 Å². The summed E-state index contributed by atoms with van der Waals surface area (Å²) in [6, 6.07) is 10.0. The van der Waals surface area contributed by atoms with E-state index in [-0.39, 0.29) is 0 Å². The largest absolute Gasteiger partial charge is 0.310 e. The Morgan fingerprint density at radius 2 is 2.21 bits per heavy atom. The molecule has 106 valence electrons. The van der Waals surface area contributed by atoms with Gasteiger partial charge in [-0.1, -0.05) is 36.2 Å². The molecule has 1 aliphatic rings. The molecule has 1 heterocycles. The van der Waals surface area contributed by atoms with Crippen LogP contribution in [0.1, 0.15) is 49.8 Å². The summed E-state index contributed by atoms with van der Waals surface area (Å²) in [5.41, 5.74) is 2.75. The van der Waals surface area contributed by atoms with Gasteiger partial charge in [-0.2, -0.15) is 0 Å². The molecular weight excluding hydrogens is 232 g/mol. The molecule has 0 aliphatic carbocycles. The van der Waals surface area contributed by atoms with Gasteiger partial charge in [-0.3, -0.25) is 0 Å². The van der Waals surface area contributed by atoms with Crippen molar-refractivity contribution >= 4 is 0 Å². The van der Waals surface area contributed by atoms with Crippen molar-refractivity contribution < 1.29 is 0 Å². The molecule has 2 rings (SSSR count). The van der Waals surface area contributed by atoms with Crippen molar-refractivity contribution in [3.05, 3.63) is 35.4 Å². The van der Waals surface area contributed by atoms with E-state index < -0.39 is 0 Å². The predicted molar refractivity (Wildman–Crippen MR) is 82.5 cm³/mol. The molecule has 0 amide bonds. The summed E-state index contributed by atoms with van der Waals surface area (Å²) in [5, 5.41) is 3.67. The van der Waals surface area contributed by atoms with Crippen LogP contribution in [0, 0.1) is 6.92 Å². The van der Waals surface area contributed by atoms with Crippen LogP contribution in [0.5, 0.6) is 0 Å². The van der Waals surface area contributed by atoms with Gasteiger partial charge in [-0.25, -0.2) is 0 Å². The van der Waals surface area contributed by atoms with Crippen LogP contribution in [0.25, 0.3) is 0 Å². The minimum Gasteiger partial charge on any atom is -0.310 e. The molecule has 1 aromatic carbocycles. The number of hydrogen-bond donors (Lipinski definition) is 1. The zero-order valence-electron chi connectivity index (χ0n) is 12.7. The number of nitrogens with one attached hydrogen (secondary N) is 1. The second kappa shape index (κ2) is 7.06. The summed E-state index contributed by atoms with van der Waals surface area (Å²) in [5.74, 6) is 0. The van der Waals surface area contributed by atoms with Crippen LogP contribution in [0.3, 0.4) is 0 Å². The van der Waals surface area contributed by atoms with Crippen LogP contribution < -0.4 is 5.32 Å². The van der Waals surface area contributed by atoms with Gasteiger partial charge in [0.05, 0.1) is 0 Å². The smallest absolute Gasteiger partial charge is 0.0291 e. The number of piperidine rings is 1. The highest BCUT2D eigenvalue weighted by Crippen LogP contribution is 2.18. The van der Waals surface area contributed by atoms with E-state index in [1.807, 2.05) is 0 Å². The van der Waals surface area contributed by atoms with Crippen molar-refractivity contribution in [1.82, 2.24) is 10.2 Å². The van der Waals surface area contributed by atoms with Crippen LogP contribution in [0.15, 0.2) is 24.3 Å². The molecule has 1 unspecified atom stereocenters. The Labute approximate surface area is 118 Å². The third kappa shape index (κ3) is 4.32.